The number of imidazole rings is 1. The zero-order valence-corrected chi connectivity index (χ0v) is 20.0. The third kappa shape index (κ3) is 3.33. The van der Waals surface area contributed by atoms with Crippen LogP contribution in [0, 0.1) is 19.8 Å². The summed E-state index contributed by atoms with van der Waals surface area (Å²) in [4.78, 5) is 32.5. The molecule has 0 aromatic carbocycles. The summed E-state index contributed by atoms with van der Waals surface area (Å²) in [7, 11) is 0. The first-order valence-corrected chi connectivity index (χ1v) is 12.2. The second kappa shape index (κ2) is 7.79. The van der Waals surface area contributed by atoms with Crippen LogP contribution in [-0.2, 0) is 5.41 Å². The van der Waals surface area contributed by atoms with Crippen molar-refractivity contribution in [2.45, 2.75) is 45.1 Å². The normalized spacial score (nSPS) is 26.0. The molecule has 2 fully saturated rings. The maximum atomic E-state index is 14.1. The van der Waals surface area contributed by atoms with E-state index in [4.69, 9.17) is 4.98 Å². The van der Waals surface area contributed by atoms with Crippen molar-refractivity contribution in [1.29, 1.82) is 0 Å². The molecule has 4 heterocycles. The summed E-state index contributed by atoms with van der Waals surface area (Å²) < 4.78 is 2.12. The van der Waals surface area contributed by atoms with Crippen molar-refractivity contribution < 1.29 is 4.79 Å². The highest BCUT2D eigenvalue weighted by Gasteiger charge is 2.56. The minimum atomic E-state index is -0.130. The smallest absolute Gasteiger partial charge is 0.274 e. The van der Waals surface area contributed by atoms with Crippen molar-refractivity contribution in [1.82, 2.24) is 24.3 Å². The largest absolute Gasteiger partial charge is 0.339 e. The molecule has 3 aliphatic rings. The molecular formula is C27H30N6O. The van der Waals surface area contributed by atoms with Crippen molar-refractivity contribution in [2.24, 2.45) is 5.92 Å². The summed E-state index contributed by atoms with van der Waals surface area (Å²) in [5.41, 5.74) is 4.26. The van der Waals surface area contributed by atoms with E-state index in [1.54, 1.807) is 0 Å². The standard InChI is InChI=1S/C27H30N6O/c1-18-16-19(2)29-26(28-18)31-13-10-20(3)32(15-14-31)25(34)23-24(27-11-6-4-8-21(27)17-27)33-12-7-5-9-22(33)30-23/h4-9,11-12,16,20-21H,10,13-15,17H2,1-3H3/t20-,21?,27?/m1/s1. The van der Waals surface area contributed by atoms with Crippen LogP contribution in [-0.4, -0.2) is 55.8 Å². The number of carbonyl (C=O) groups excluding carboxylic acids is 1. The van der Waals surface area contributed by atoms with E-state index >= 15 is 0 Å². The van der Waals surface area contributed by atoms with Crippen LogP contribution in [0.2, 0.25) is 0 Å². The van der Waals surface area contributed by atoms with Crippen molar-refractivity contribution >= 4 is 17.5 Å². The van der Waals surface area contributed by atoms with Gasteiger partial charge in [-0.1, -0.05) is 30.4 Å². The van der Waals surface area contributed by atoms with E-state index < -0.39 is 0 Å². The number of carbonyl (C=O) groups is 1. The summed E-state index contributed by atoms with van der Waals surface area (Å²) in [6.07, 6.45) is 12.7. The number of amides is 1. The number of rotatable bonds is 3. The van der Waals surface area contributed by atoms with Gasteiger partial charge in [0.25, 0.3) is 5.91 Å². The average molecular weight is 455 g/mol. The second-order valence-electron chi connectivity index (χ2n) is 9.91. The molecular weight excluding hydrogens is 424 g/mol. The number of fused-ring (bicyclic) bond motifs is 2. The fourth-order valence-corrected chi connectivity index (χ4v) is 5.65. The van der Waals surface area contributed by atoms with Gasteiger partial charge in [0.05, 0.1) is 5.69 Å². The lowest BCUT2D eigenvalue weighted by Crippen LogP contribution is -2.41. The van der Waals surface area contributed by atoms with Crippen molar-refractivity contribution in [3.8, 4) is 0 Å². The molecule has 174 valence electrons. The predicted molar refractivity (Wildman–Crippen MR) is 132 cm³/mol. The molecule has 6 rings (SSSR count). The van der Waals surface area contributed by atoms with Gasteiger partial charge in [-0.25, -0.2) is 15.0 Å². The molecule has 0 N–H and O–H groups in total. The Hall–Kier alpha value is -3.48. The molecule has 2 unspecified atom stereocenters. The Balaban J connectivity index is 1.34. The Bertz CT molecular complexity index is 1320. The lowest BCUT2D eigenvalue weighted by molar-refractivity contribution is 0.0698. The van der Waals surface area contributed by atoms with E-state index in [-0.39, 0.29) is 17.4 Å². The molecule has 3 aromatic heterocycles. The molecule has 7 heteroatoms. The van der Waals surface area contributed by atoms with Gasteiger partial charge in [0, 0.05) is 48.7 Å². The molecule has 1 saturated heterocycles. The highest BCUT2D eigenvalue weighted by molar-refractivity contribution is 5.95. The molecule has 0 spiro atoms. The molecule has 3 aromatic rings. The van der Waals surface area contributed by atoms with Gasteiger partial charge in [0.15, 0.2) is 5.69 Å². The molecule has 3 atom stereocenters. The highest BCUT2D eigenvalue weighted by atomic mass is 16.2. The molecule has 0 radical (unpaired) electrons. The lowest BCUT2D eigenvalue weighted by Gasteiger charge is -2.27. The molecule has 1 amide bonds. The molecule has 34 heavy (non-hydrogen) atoms. The lowest BCUT2D eigenvalue weighted by atomic mass is 9.93. The molecule has 1 saturated carbocycles. The summed E-state index contributed by atoms with van der Waals surface area (Å²) >= 11 is 0. The van der Waals surface area contributed by atoms with E-state index in [1.165, 1.54) is 0 Å². The van der Waals surface area contributed by atoms with Gasteiger partial charge in [-0.05, 0) is 57.7 Å². The first-order chi connectivity index (χ1) is 16.5. The monoisotopic (exact) mass is 454 g/mol. The minimum absolute atomic E-state index is 0.0253. The van der Waals surface area contributed by atoms with E-state index in [9.17, 15) is 4.79 Å². The molecule has 2 aliphatic carbocycles. The average Bonchev–Trinajstić information content (AvgIpc) is 3.48. The topological polar surface area (TPSA) is 66.6 Å². The van der Waals surface area contributed by atoms with Crippen molar-refractivity contribution in [3.05, 3.63) is 77.5 Å². The number of allylic oxidation sites excluding steroid dienone is 4. The number of hydrogen-bond donors (Lipinski definition) is 0. The van der Waals surface area contributed by atoms with Gasteiger partial charge in [-0.3, -0.25) is 4.79 Å². The van der Waals surface area contributed by atoms with E-state index in [2.05, 4.69) is 50.5 Å². The third-order valence-electron chi connectivity index (χ3n) is 7.55. The molecule has 1 aliphatic heterocycles. The fraction of sp³-hybridized carbons (Fsp3) is 0.407. The number of aryl methyl sites for hydroxylation is 2. The van der Waals surface area contributed by atoms with Crippen LogP contribution >= 0.6 is 0 Å². The van der Waals surface area contributed by atoms with Crippen LogP contribution in [0.1, 0.15) is 47.3 Å². The van der Waals surface area contributed by atoms with Gasteiger partial charge in [-0.15, -0.1) is 0 Å². The Morgan fingerprint density at radius 3 is 2.68 bits per heavy atom. The number of hydrogen-bond acceptors (Lipinski definition) is 5. The molecule has 0 bridgehead atoms. The summed E-state index contributed by atoms with van der Waals surface area (Å²) in [6, 6.07) is 8.08. The van der Waals surface area contributed by atoms with Gasteiger partial charge in [0.2, 0.25) is 5.95 Å². The fourth-order valence-electron chi connectivity index (χ4n) is 5.65. The first kappa shape index (κ1) is 21.1. The van der Waals surface area contributed by atoms with E-state index in [1.807, 2.05) is 49.2 Å². The Kier molecular flexibility index (Phi) is 4.83. The highest BCUT2D eigenvalue weighted by Crippen LogP contribution is 2.58. The SMILES string of the molecule is Cc1cc(C)nc(N2CC[C@@H](C)N(C(=O)c3nc4ccccn4c3C34C=CC=CC3C4)CC2)n1. The van der Waals surface area contributed by atoms with Crippen molar-refractivity contribution in [2.75, 3.05) is 24.5 Å². The van der Waals surface area contributed by atoms with Crippen LogP contribution in [0.15, 0.2) is 54.8 Å². The van der Waals surface area contributed by atoms with Gasteiger partial charge >= 0.3 is 0 Å². The van der Waals surface area contributed by atoms with Crippen LogP contribution in [0.4, 0.5) is 5.95 Å². The maximum Gasteiger partial charge on any atom is 0.274 e. The maximum absolute atomic E-state index is 14.1. The summed E-state index contributed by atoms with van der Waals surface area (Å²) in [6.45, 7) is 8.29. The van der Waals surface area contributed by atoms with E-state index in [0.29, 0.717) is 24.7 Å². The van der Waals surface area contributed by atoms with Crippen molar-refractivity contribution in [3.63, 3.8) is 0 Å². The van der Waals surface area contributed by atoms with Gasteiger partial charge in [-0.2, -0.15) is 0 Å². The zero-order valence-electron chi connectivity index (χ0n) is 20.0. The number of nitrogens with zero attached hydrogens (tertiary/aromatic N) is 6. The number of anilines is 1. The van der Waals surface area contributed by atoms with Gasteiger partial charge in [0.1, 0.15) is 5.65 Å². The first-order valence-electron chi connectivity index (χ1n) is 12.2. The predicted octanol–water partition coefficient (Wildman–Crippen LogP) is 3.87. The van der Waals surface area contributed by atoms with Crippen LogP contribution in [0.25, 0.3) is 5.65 Å². The second-order valence-corrected chi connectivity index (χ2v) is 9.91. The Morgan fingerprint density at radius 1 is 1.06 bits per heavy atom. The zero-order chi connectivity index (χ0) is 23.4. The number of pyridine rings is 1. The van der Waals surface area contributed by atoms with Crippen LogP contribution in [0.5, 0.6) is 0 Å². The summed E-state index contributed by atoms with van der Waals surface area (Å²) in [5.74, 6) is 1.21. The minimum Gasteiger partial charge on any atom is -0.339 e. The third-order valence-corrected chi connectivity index (χ3v) is 7.55. The quantitative estimate of drug-likeness (QED) is 0.601. The Labute approximate surface area is 199 Å². The Morgan fingerprint density at radius 2 is 1.88 bits per heavy atom. The van der Waals surface area contributed by atoms with E-state index in [0.717, 1.165) is 48.1 Å². The molecule has 7 nitrogen and oxygen atoms in total. The van der Waals surface area contributed by atoms with Crippen LogP contribution < -0.4 is 4.90 Å². The van der Waals surface area contributed by atoms with Gasteiger partial charge < -0.3 is 14.2 Å². The number of aromatic nitrogens is 4. The summed E-state index contributed by atoms with van der Waals surface area (Å²) in [5, 5.41) is 0. The van der Waals surface area contributed by atoms with Crippen LogP contribution in [0.3, 0.4) is 0 Å².